The minimum Gasteiger partial charge on any atom is -0.376 e. The summed E-state index contributed by atoms with van der Waals surface area (Å²) in [4.78, 5) is 16.1. The maximum Gasteiger partial charge on any atom is 0.0820 e. The van der Waals surface area contributed by atoms with Crippen molar-refractivity contribution in [3.63, 3.8) is 0 Å². The van der Waals surface area contributed by atoms with Gasteiger partial charge in [-0.25, -0.2) is 0 Å². The van der Waals surface area contributed by atoms with E-state index in [0.717, 1.165) is 55.4 Å². The van der Waals surface area contributed by atoms with Crippen molar-refractivity contribution in [1.82, 2.24) is 20.2 Å². The zero-order valence-electron chi connectivity index (χ0n) is 21.7. The second kappa shape index (κ2) is 12.8. The fraction of sp³-hybridized carbons (Fsp3) is 0.414. The first-order chi connectivity index (χ1) is 16.8. The Balaban J connectivity index is 1.83. The van der Waals surface area contributed by atoms with Crippen LogP contribution in [-0.4, -0.2) is 41.3 Å². The zero-order valence-corrected chi connectivity index (χ0v) is 22.4. The van der Waals surface area contributed by atoms with Crippen molar-refractivity contribution in [3.05, 3.63) is 93.5 Å². The second-order valence-electron chi connectivity index (χ2n) is 9.66. The van der Waals surface area contributed by atoms with Gasteiger partial charge in [-0.05, 0) is 73.7 Å². The van der Waals surface area contributed by atoms with Gasteiger partial charge in [0.2, 0.25) is 0 Å². The van der Waals surface area contributed by atoms with Gasteiger partial charge in [0, 0.05) is 49.5 Å². The Labute approximate surface area is 215 Å². The molecule has 0 aliphatic carbocycles. The van der Waals surface area contributed by atoms with Crippen LogP contribution in [0.15, 0.2) is 59.9 Å². The molecular formula is C29H38ClN5. The standard InChI is InChI=1S/C29H38ClN5/c1-22-17-23(2)27(34-18-22)19-35(16-7-6-14-32-21-31-5)20-28-26(9-8-15-33-28)29(3,4)24-10-12-25(30)13-11-24/h8-13,15,17-18,21H,6-7,14,16,19-20H2,1-5H3,(H,31,32). The van der Waals surface area contributed by atoms with Crippen LogP contribution in [0.25, 0.3) is 0 Å². The molecule has 0 unspecified atom stereocenters. The fourth-order valence-electron chi connectivity index (χ4n) is 4.42. The molecule has 0 spiro atoms. The largest absolute Gasteiger partial charge is 0.376 e. The fourth-order valence-corrected chi connectivity index (χ4v) is 4.55. The molecule has 0 atom stereocenters. The highest BCUT2D eigenvalue weighted by Crippen LogP contribution is 2.34. The molecule has 1 N–H and O–H groups in total. The van der Waals surface area contributed by atoms with Crippen LogP contribution in [-0.2, 0) is 18.5 Å². The van der Waals surface area contributed by atoms with Crippen molar-refractivity contribution < 1.29 is 0 Å². The number of aryl methyl sites for hydroxylation is 2. The Morgan fingerprint density at radius 3 is 2.49 bits per heavy atom. The van der Waals surface area contributed by atoms with E-state index < -0.39 is 0 Å². The number of nitrogens with zero attached hydrogens (tertiary/aromatic N) is 4. The minimum absolute atomic E-state index is 0.193. The molecule has 0 bridgehead atoms. The molecule has 0 radical (unpaired) electrons. The Morgan fingerprint density at radius 2 is 1.77 bits per heavy atom. The average Bonchev–Trinajstić information content (AvgIpc) is 2.83. The van der Waals surface area contributed by atoms with Crippen LogP contribution in [0.3, 0.4) is 0 Å². The number of nitrogens with one attached hydrogen (secondary N) is 1. The van der Waals surface area contributed by atoms with E-state index in [0.29, 0.717) is 0 Å². The number of unbranched alkanes of at least 4 members (excludes halogenated alkanes) is 1. The topological polar surface area (TPSA) is 53.4 Å². The van der Waals surface area contributed by atoms with Crippen LogP contribution >= 0.6 is 11.6 Å². The van der Waals surface area contributed by atoms with Crippen LogP contribution in [0.5, 0.6) is 0 Å². The summed E-state index contributed by atoms with van der Waals surface area (Å²) < 4.78 is 0. The normalized spacial score (nSPS) is 12.0. The summed E-state index contributed by atoms with van der Waals surface area (Å²) in [6, 6.07) is 14.6. The average molecular weight is 492 g/mol. The van der Waals surface area contributed by atoms with Crippen LogP contribution in [0.1, 0.15) is 60.3 Å². The van der Waals surface area contributed by atoms with Gasteiger partial charge in [-0.3, -0.25) is 19.9 Å². The number of aliphatic imine (C=N–C) groups is 1. The summed E-state index contributed by atoms with van der Waals surface area (Å²) in [7, 11) is 1.78. The summed E-state index contributed by atoms with van der Waals surface area (Å²) in [5, 5.41) is 3.98. The van der Waals surface area contributed by atoms with Crippen molar-refractivity contribution in [2.45, 2.75) is 59.0 Å². The van der Waals surface area contributed by atoms with Crippen LogP contribution in [0.4, 0.5) is 0 Å². The summed E-state index contributed by atoms with van der Waals surface area (Å²) in [6.45, 7) is 12.2. The smallest absolute Gasteiger partial charge is 0.0820 e. The van der Waals surface area contributed by atoms with E-state index in [4.69, 9.17) is 21.6 Å². The van der Waals surface area contributed by atoms with E-state index in [2.05, 4.69) is 67.2 Å². The van der Waals surface area contributed by atoms with Gasteiger partial charge >= 0.3 is 0 Å². The predicted octanol–water partition coefficient (Wildman–Crippen LogP) is 6.10. The number of hydrogen-bond acceptors (Lipinski definition) is 4. The minimum atomic E-state index is -0.193. The number of aromatic nitrogens is 2. The number of pyridine rings is 2. The van der Waals surface area contributed by atoms with Gasteiger partial charge < -0.3 is 5.32 Å². The molecule has 35 heavy (non-hydrogen) atoms. The highest BCUT2D eigenvalue weighted by Gasteiger charge is 2.27. The molecule has 0 fully saturated rings. The molecular weight excluding hydrogens is 454 g/mol. The Morgan fingerprint density at radius 1 is 1.03 bits per heavy atom. The van der Waals surface area contributed by atoms with Crippen molar-refractivity contribution in [2.24, 2.45) is 4.99 Å². The van der Waals surface area contributed by atoms with E-state index >= 15 is 0 Å². The summed E-state index contributed by atoms with van der Waals surface area (Å²) in [5.41, 5.74) is 6.93. The third-order valence-corrected chi connectivity index (χ3v) is 6.72. The van der Waals surface area contributed by atoms with Crippen molar-refractivity contribution in [3.8, 4) is 0 Å². The van der Waals surface area contributed by atoms with E-state index in [1.165, 1.54) is 22.3 Å². The molecule has 0 aliphatic rings. The van der Waals surface area contributed by atoms with E-state index in [9.17, 15) is 0 Å². The van der Waals surface area contributed by atoms with Crippen molar-refractivity contribution >= 4 is 17.9 Å². The molecule has 3 rings (SSSR count). The highest BCUT2D eigenvalue weighted by molar-refractivity contribution is 6.30. The van der Waals surface area contributed by atoms with E-state index in [1.54, 1.807) is 13.4 Å². The molecule has 2 aromatic heterocycles. The second-order valence-corrected chi connectivity index (χ2v) is 10.1. The number of rotatable bonds is 12. The Hall–Kier alpha value is -2.76. The lowest BCUT2D eigenvalue weighted by atomic mass is 9.77. The van der Waals surface area contributed by atoms with Gasteiger partial charge in [-0.15, -0.1) is 0 Å². The van der Waals surface area contributed by atoms with Gasteiger partial charge in [0.25, 0.3) is 0 Å². The lowest BCUT2D eigenvalue weighted by Gasteiger charge is -2.30. The highest BCUT2D eigenvalue weighted by atomic mass is 35.5. The van der Waals surface area contributed by atoms with E-state index in [1.807, 2.05) is 30.6 Å². The first kappa shape index (κ1) is 26.8. The van der Waals surface area contributed by atoms with Gasteiger partial charge in [0.15, 0.2) is 0 Å². The van der Waals surface area contributed by atoms with E-state index in [-0.39, 0.29) is 5.41 Å². The molecule has 2 heterocycles. The lowest BCUT2D eigenvalue weighted by Crippen LogP contribution is -2.29. The first-order valence-corrected chi connectivity index (χ1v) is 12.7. The molecule has 0 aliphatic heterocycles. The van der Waals surface area contributed by atoms with Crippen molar-refractivity contribution in [2.75, 3.05) is 20.1 Å². The Bertz CT molecular complexity index is 1110. The predicted molar refractivity (Wildman–Crippen MR) is 147 cm³/mol. The lowest BCUT2D eigenvalue weighted by molar-refractivity contribution is 0.243. The molecule has 0 amide bonds. The molecule has 0 saturated heterocycles. The third kappa shape index (κ3) is 7.61. The molecule has 3 aromatic rings. The summed E-state index contributed by atoms with van der Waals surface area (Å²) in [6.07, 6.45) is 7.78. The maximum atomic E-state index is 6.16. The van der Waals surface area contributed by atoms with Crippen LogP contribution < -0.4 is 5.32 Å². The SMILES string of the molecule is CN=CNCCCCN(Cc1ncc(C)cc1C)Cc1ncccc1C(C)(C)c1ccc(Cl)cc1. The Kier molecular flexibility index (Phi) is 9.82. The van der Waals surface area contributed by atoms with Gasteiger partial charge in [0.05, 0.1) is 17.7 Å². The molecule has 0 saturated carbocycles. The number of benzene rings is 1. The van der Waals surface area contributed by atoms with Crippen molar-refractivity contribution in [1.29, 1.82) is 0 Å². The van der Waals surface area contributed by atoms with Crippen LogP contribution in [0, 0.1) is 13.8 Å². The molecule has 5 nitrogen and oxygen atoms in total. The summed E-state index contributed by atoms with van der Waals surface area (Å²) in [5.74, 6) is 0. The number of hydrogen-bond donors (Lipinski definition) is 1. The van der Waals surface area contributed by atoms with Crippen LogP contribution in [0.2, 0.25) is 5.02 Å². The van der Waals surface area contributed by atoms with Gasteiger partial charge in [0.1, 0.15) is 0 Å². The molecule has 6 heteroatoms. The van der Waals surface area contributed by atoms with Gasteiger partial charge in [-0.1, -0.05) is 49.7 Å². The number of halogens is 1. The summed E-state index contributed by atoms with van der Waals surface area (Å²) >= 11 is 6.16. The maximum absolute atomic E-state index is 6.16. The van der Waals surface area contributed by atoms with Gasteiger partial charge in [-0.2, -0.15) is 0 Å². The molecule has 1 aromatic carbocycles. The quantitative estimate of drug-likeness (QED) is 0.189. The monoisotopic (exact) mass is 491 g/mol. The zero-order chi connectivity index (χ0) is 25.3. The first-order valence-electron chi connectivity index (χ1n) is 12.3. The third-order valence-electron chi connectivity index (χ3n) is 6.47. The molecule has 186 valence electrons.